The summed E-state index contributed by atoms with van der Waals surface area (Å²) >= 11 is 0. The molecule has 0 atom stereocenters. The molecule has 348 valence electrons. The molecule has 8 fully saturated rings. The van der Waals surface area contributed by atoms with Crippen molar-refractivity contribution in [1.29, 1.82) is 0 Å². The van der Waals surface area contributed by atoms with E-state index in [0.29, 0.717) is 11.5 Å². The zero-order valence-corrected chi connectivity index (χ0v) is 45.6. The molecular formula is C62H77HfNO2-2. The Kier molecular flexibility index (Phi) is 12.6. The first kappa shape index (κ1) is 48.8. The second kappa shape index (κ2) is 17.1. The molecule has 8 saturated carbocycles. The Hall–Kier alpha value is -3.63. The molecule has 0 aromatic heterocycles. The van der Waals surface area contributed by atoms with Crippen LogP contribution in [0, 0.1) is 70.3 Å². The van der Waals surface area contributed by atoms with Crippen LogP contribution in [0.3, 0.4) is 0 Å². The molecule has 0 saturated heterocycles. The normalized spacial score (nSPS) is 29.3. The molecule has 1 aliphatic heterocycles. The first-order valence-corrected chi connectivity index (χ1v) is 24.7. The number of allylic oxidation sites excluding steroid dienone is 2. The molecular weight excluding hydrogens is 969 g/mol. The third-order valence-electron chi connectivity index (χ3n) is 17.7. The zero-order valence-electron chi connectivity index (χ0n) is 42.0. The van der Waals surface area contributed by atoms with E-state index in [2.05, 4.69) is 139 Å². The average molecular weight is 1050 g/mol. The number of phenols is 2. The van der Waals surface area contributed by atoms with Crippen molar-refractivity contribution < 1.29 is 40.6 Å². The van der Waals surface area contributed by atoms with Crippen LogP contribution < -0.4 is 0 Å². The van der Waals surface area contributed by atoms with E-state index in [0.717, 1.165) is 80.6 Å². The number of benzene rings is 4. The van der Waals surface area contributed by atoms with Crippen LogP contribution in [-0.4, -0.2) is 21.5 Å². The van der Waals surface area contributed by atoms with Gasteiger partial charge < -0.3 is 25.1 Å². The summed E-state index contributed by atoms with van der Waals surface area (Å²) in [6, 6.07) is 23.9. The van der Waals surface area contributed by atoms with E-state index in [1.165, 1.54) is 110 Å². The van der Waals surface area contributed by atoms with Crippen molar-refractivity contribution in [2.75, 3.05) is 0 Å². The van der Waals surface area contributed by atoms with Gasteiger partial charge in [-0.1, -0.05) is 113 Å². The molecule has 0 amide bonds. The molecule has 13 rings (SSSR count). The Bertz CT molecular complexity index is 2560. The molecule has 66 heavy (non-hydrogen) atoms. The minimum atomic E-state index is -0.0821. The van der Waals surface area contributed by atoms with Crippen molar-refractivity contribution in [2.45, 2.75) is 154 Å². The van der Waals surface area contributed by atoms with Crippen molar-refractivity contribution in [1.82, 2.24) is 0 Å². The van der Waals surface area contributed by atoms with Crippen LogP contribution >= 0.6 is 0 Å². The van der Waals surface area contributed by atoms with Crippen LogP contribution in [0.2, 0.25) is 0 Å². The Morgan fingerprint density at radius 3 is 1.36 bits per heavy atom. The molecule has 9 aliphatic rings. The summed E-state index contributed by atoms with van der Waals surface area (Å²) in [5, 5.41) is 25.4. The van der Waals surface area contributed by atoms with E-state index in [4.69, 9.17) is 6.72 Å². The van der Waals surface area contributed by atoms with Gasteiger partial charge in [-0.25, -0.2) is 4.58 Å². The smallest absolute Gasteiger partial charge is 0.160 e. The topological polar surface area (TPSA) is 43.5 Å². The van der Waals surface area contributed by atoms with Gasteiger partial charge in [-0.2, -0.15) is 0 Å². The maximum atomic E-state index is 12.7. The summed E-state index contributed by atoms with van der Waals surface area (Å²) in [4.78, 5) is 0. The van der Waals surface area contributed by atoms with Crippen molar-refractivity contribution in [2.24, 2.45) is 35.5 Å². The zero-order chi connectivity index (χ0) is 44.0. The first-order valence-electron chi connectivity index (χ1n) is 24.7. The van der Waals surface area contributed by atoms with Crippen molar-refractivity contribution >= 4 is 12.4 Å². The SMILES string of the molecule is C=[N+]1C(c2cc(C(C)(C)C)ccc2-c2cc(C)cc(C34CC5CC(CC(C5)C3)C4)c2O)=CC=C[C-]1c1cc(C(C)(C)C)ccc1-c1cc(C)cc(C23CC4CC(CC(C4)C2)C3)c1O.[CH3-].[CH3-].[Hf]. The molecule has 2 N–H and O–H groups in total. The van der Waals surface area contributed by atoms with Crippen LogP contribution in [0.5, 0.6) is 11.5 Å². The predicted molar refractivity (Wildman–Crippen MR) is 273 cm³/mol. The van der Waals surface area contributed by atoms with Gasteiger partial charge in [-0.3, -0.25) is 0 Å². The fraction of sp³-hybridized carbons (Fsp3) is 0.484. The molecule has 4 aromatic carbocycles. The van der Waals surface area contributed by atoms with Gasteiger partial charge in [0.05, 0.1) is 6.72 Å². The summed E-state index contributed by atoms with van der Waals surface area (Å²) in [5.74, 6) is 5.71. The summed E-state index contributed by atoms with van der Waals surface area (Å²) in [6.07, 6.45) is 22.1. The Balaban J connectivity index is 0.00000197. The number of hydrogen-bond acceptors (Lipinski definition) is 2. The van der Waals surface area contributed by atoms with Crippen molar-refractivity contribution in [3.8, 4) is 33.8 Å². The number of hydrogen-bond donors (Lipinski definition) is 2. The number of rotatable bonds is 6. The van der Waals surface area contributed by atoms with E-state index in [-0.39, 0.29) is 62.4 Å². The monoisotopic (exact) mass is 1050 g/mol. The summed E-state index contributed by atoms with van der Waals surface area (Å²) in [7, 11) is 0. The minimum absolute atomic E-state index is 0. The quantitative estimate of drug-likeness (QED) is 0.115. The van der Waals surface area contributed by atoms with Gasteiger partial charge in [0.25, 0.3) is 0 Å². The van der Waals surface area contributed by atoms with E-state index in [1.54, 1.807) is 0 Å². The summed E-state index contributed by atoms with van der Waals surface area (Å²) in [6.45, 7) is 23.0. The number of aromatic hydroxyl groups is 2. The maximum absolute atomic E-state index is 12.7. The molecule has 8 bridgehead atoms. The maximum Gasteiger partial charge on any atom is 0.160 e. The molecule has 0 spiro atoms. The fourth-order valence-electron chi connectivity index (χ4n) is 15.6. The predicted octanol–water partition coefficient (Wildman–Crippen LogP) is 15.7. The van der Waals surface area contributed by atoms with Gasteiger partial charge in [0.15, 0.2) is 5.70 Å². The molecule has 4 aromatic rings. The van der Waals surface area contributed by atoms with Gasteiger partial charge in [-0.15, -0.1) is 6.08 Å². The standard InChI is InChI=1S/C60H71NO2.2CH3.Hf/c1-35-17-49(55(62)51(19-35)59-29-37-21-38(30-59)23-39(22-37)31-59)45-15-13-43(57(3,4)5)27-47(45)53-11-10-12-54(61(53)9)48-28-44(58(6,7)8)14-16-46(48)50-18-36(2)20-52(56(50)63)60-32-40-24-41(33-60)26-42(25-40)34-60;;;/h10-20,27-28,37-42,62-63H,9,21-26,29-34H2,1-8H3;2*1H3;/q;2*-1;. The summed E-state index contributed by atoms with van der Waals surface area (Å²) in [5.41, 5.74) is 14.4. The van der Waals surface area contributed by atoms with E-state index >= 15 is 0 Å². The van der Waals surface area contributed by atoms with Crippen LogP contribution in [0.25, 0.3) is 28.0 Å². The van der Waals surface area contributed by atoms with Crippen molar-refractivity contribution in [3.63, 3.8) is 0 Å². The van der Waals surface area contributed by atoms with E-state index in [9.17, 15) is 10.2 Å². The average Bonchev–Trinajstić information content (AvgIpc) is 3.20. The van der Waals surface area contributed by atoms with Crippen LogP contribution in [-0.2, 0) is 47.5 Å². The molecule has 4 heteroatoms. The molecule has 0 radical (unpaired) electrons. The molecule has 3 nitrogen and oxygen atoms in total. The number of aryl methyl sites for hydroxylation is 2. The first-order chi connectivity index (χ1) is 29.9. The number of phenolic OH excluding ortho intramolecular Hbond substituents is 2. The third kappa shape index (κ3) is 8.07. The Morgan fingerprint density at radius 2 is 0.939 bits per heavy atom. The van der Waals surface area contributed by atoms with E-state index in [1.807, 2.05) is 0 Å². The number of nitrogens with zero attached hydrogens (tertiary/aromatic N) is 1. The molecule has 0 unspecified atom stereocenters. The van der Waals surface area contributed by atoms with Gasteiger partial charge >= 0.3 is 0 Å². The Morgan fingerprint density at radius 1 is 0.545 bits per heavy atom. The minimum Gasteiger partial charge on any atom is -0.508 e. The molecule has 1 heterocycles. The second-order valence-electron chi connectivity index (χ2n) is 24.6. The van der Waals surface area contributed by atoms with Gasteiger partial charge in [0.2, 0.25) is 0 Å². The third-order valence-corrected chi connectivity index (χ3v) is 17.7. The largest absolute Gasteiger partial charge is 0.508 e. The summed E-state index contributed by atoms with van der Waals surface area (Å²) < 4.78 is 2.14. The van der Waals surface area contributed by atoms with Crippen LogP contribution in [0.4, 0.5) is 0 Å². The van der Waals surface area contributed by atoms with E-state index < -0.39 is 0 Å². The van der Waals surface area contributed by atoms with Gasteiger partial charge in [0.1, 0.15) is 17.5 Å². The second-order valence-corrected chi connectivity index (χ2v) is 24.6. The fourth-order valence-corrected chi connectivity index (χ4v) is 15.6. The Labute approximate surface area is 418 Å². The van der Waals surface area contributed by atoms with Crippen LogP contribution in [0.15, 0.2) is 78.9 Å². The van der Waals surface area contributed by atoms with Gasteiger partial charge in [0, 0.05) is 48.1 Å². The van der Waals surface area contributed by atoms with Gasteiger partial charge in [-0.05, 0) is 194 Å². The molecule has 8 aliphatic carbocycles. The van der Waals surface area contributed by atoms with Crippen molar-refractivity contribution in [3.05, 3.63) is 144 Å². The van der Waals surface area contributed by atoms with Crippen LogP contribution in [0.1, 0.15) is 163 Å².